The highest BCUT2D eigenvalue weighted by molar-refractivity contribution is 6.30. The Morgan fingerprint density at radius 2 is 2.19 bits per heavy atom. The van der Waals surface area contributed by atoms with Gasteiger partial charge in [0.15, 0.2) is 5.82 Å². The molecule has 0 unspecified atom stereocenters. The molecule has 2 heterocycles. The molecule has 84 valence electrons. The van der Waals surface area contributed by atoms with E-state index in [1.54, 1.807) is 17.1 Å². The summed E-state index contributed by atoms with van der Waals surface area (Å²) < 4.78 is 1.65. The van der Waals surface area contributed by atoms with Crippen LogP contribution in [0.4, 0.5) is 0 Å². The maximum absolute atomic E-state index is 5.79. The van der Waals surface area contributed by atoms with Crippen molar-refractivity contribution in [1.82, 2.24) is 20.1 Å². The van der Waals surface area contributed by atoms with Crippen molar-refractivity contribution in [2.24, 2.45) is 0 Å². The molecule has 5 heteroatoms. The van der Waals surface area contributed by atoms with Gasteiger partial charge in [-0.15, -0.1) is 0 Å². The Morgan fingerprint density at radius 1 is 1.38 bits per heavy atom. The van der Waals surface area contributed by atoms with Gasteiger partial charge in [-0.1, -0.05) is 17.7 Å². The summed E-state index contributed by atoms with van der Waals surface area (Å²) in [5.74, 6) is 0.763. The molecule has 4 nitrogen and oxygen atoms in total. The van der Waals surface area contributed by atoms with Gasteiger partial charge >= 0.3 is 0 Å². The molecule has 0 aromatic carbocycles. The third kappa shape index (κ3) is 2.23. The summed E-state index contributed by atoms with van der Waals surface area (Å²) in [5, 5.41) is 7.85. The number of hydrogen-bond acceptors (Lipinski definition) is 3. The maximum Gasteiger partial charge on any atom is 0.153 e. The van der Waals surface area contributed by atoms with E-state index < -0.39 is 0 Å². The van der Waals surface area contributed by atoms with E-state index >= 15 is 0 Å². The molecule has 16 heavy (non-hydrogen) atoms. The second kappa shape index (κ2) is 4.63. The molecular formula is C11H13ClN4. The molecule has 1 N–H and O–H groups in total. The van der Waals surface area contributed by atoms with Crippen LogP contribution in [-0.4, -0.2) is 21.8 Å². The zero-order valence-electron chi connectivity index (χ0n) is 9.18. The highest BCUT2D eigenvalue weighted by atomic mass is 35.5. The van der Waals surface area contributed by atoms with Gasteiger partial charge in [-0.05, 0) is 25.6 Å². The molecular weight excluding hydrogens is 224 g/mol. The monoisotopic (exact) mass is 236 g/mol. The molecule has 0 aliphatic carbocycles. The Morgan fingerprint density at radius 3 is 2.69 bits per heavy atom. The van der Waals surface area contributed by atoms with Crippen molar-refractivity contribution in [3.63, 3.8) is 0 Å². The fourth-order valence-corrected chi connectivity index (χ4v) is 1.52. The summed E-state index contributed by atoms with van der Waals surface area (Å²) in [6.07, 6.45) is 5.16. The van der Waals surface area contributed by atoms with Crippen molar-refractivity contribution in [3.8, 4) is 5.82 Å². The molecule has 2 aromatic heterocycles. The van der Waals surface area contributed by atoms with Crippen LogP contribution in [0.25, 0.3) is 5.82 Å². The summed E-state index contributed by atoms with van der Waals surface area (Å²) >= 11 is 5.79. The summed E-state index contributed by atoms with van der Waals surface area (Å²) in [4.78, 5) is 4.33. The van der Waals surface area contributed by atoms with Crippen LogP contribution in [0.3, 0.4) is 0 Å². The number of rotatable bonds is 3. The maximum atomic E-state index is 5.79. The number of halogens is 1. The third-order valence-corrected chi connectivity index (χ3v) is 2.68. The molecule has 0 bridgehead atoms. The number of nitrogens with zero attached hydrogens (tertiary/aromatic N) is 3. The quantitative estimate of drug-likeness (QED) is 0.889. The first-order valence-electron chi connectivity index (χ1n) is 5.04. The Labute approximate surface area is 99.3 Å². The van der Waals surface area contributed by atoms with E-state index in [1.165, 1.54) is 0 Å². The van der Waals surface area contributed by atoms with Gasteiger partial charge in [-0.2, -0.15) is 5.10 Å². The molecule has 0 fully saturated rings. The van der Waals surface area contributed by atoms with Crippen LogP contribution >= 0.6 is 11.6 Å². The number of pyridine rings is 1. The van der Waals surface area contributed by atoms with Crippen molar-refractivity contribution >= 4 is 11.6 Å². The normalized spacial score (nSPS) is 12.7. The van der Waals surface area contributed by atoms with Gasteiger partial charge in [0, 0.05) is 12.2 Å². The Kier molecular flexibility index (Phi) is 3.22. The van der Waals surface area contributed by atoms with Crippen molar-refractivity contribution in [2.75, 3.05) is 7.05 Å². The average Bonchev–Trinajstić information content (AvgIpc) is 2.75. The van der Waals surface area contributed by atoms with E-state index in [4.69, 9.17) is 11.6 Å². The first-order chi connectivity index (χ1) is 7.70. The second-order valence-corrected chi connectivity index (χ2v) is 4.00. The number of aromatic nitrogens is 3. The van der Waals surface area contributed by atoms with Crippen LogP contribution in [0.2, 0.25) is 5.02 Å². The molecule has 0 spiro atoms. The van der Waals surface area contributed by atoms with Gasteiger partial charge in [0.2, 0.25) is 0 Å². The summed E-state index contributed by atoms with van der Waals surface area (Å²) in [6, 6.07) is 4.24. The summed E-state index contributed by atoms with van der Waals surface area (Å²) in [7, 11) is 1.92. The van der Waals surface area contributed by atoms with Gasteiger partial charge in [0.25, 0.3) is 0 Å². The fraction of sp³-hybridized carbons (Fsp3) is 0.273. The van der Waals surface area contributed by atoms with E-state index in [0.717, 1.165) is 11.4 Å². The molecule has 2 rings (SSSR count). The molecule has 0 saturated heterocycles. The highest BCUT2D eigenvalue weighted by Crippen LogP contribution is 2.13. The van der Waals surface area contributed by atoms with Crippen molar-refractivity contribution in [2.45, 2.75) is 13.0 Å². The molecule has 1 atom stereocenters. The molecule has 0 saturated carbocycles. The molecule has 0 aliphatic rings. The Bertz CT molecular complexity index is 463. The smallest absolute Gasteiger partial charge is 0.153 e. The van der Waals surface area contributed by atoms with E-state index in [-0.39, 0.29) is 0 Å². The van der Waals surface area contributed by atoms with Gasteiger partial charge in [0.05, 0.1) is 17.4 Å². The minimum Gasteiger partial charge on any atom is -0.313 e. The Balaban J connectivity index is 2.25. The highest BCUT2D eigenvalue weighted by Gasteiger charge is 2.04. The lowest BCUT2D eigenvalue weighted by atomic mass is 10.1. The first kappa shape index (κ1) is 11.1. The largest absolute Gasteiger partial charge is 0.313 e. The number of hydrogen-bond donors (Lipinski definition) is 1. The van der Waals surface area contributed by atoms with Crippen molar-refractivity contribution in [1.29, 1.82) is 0 Å². The lowest BCUT2D eigenvalue weighted by Crippen LogP contribution is -2.12. The second-order valence-electron chi connectivity index (χ2n) is 3.56. The van der Waals surface area contributed by atoms with Gasteiger partial charge < -0.3 is 5.32 Å². The van der Waals surface area contributed by atoms with E-state index in [9.17, 15) is 0 Å². The lowest BCUT2D eigenvalue weighted by molar-refractivity contribution is 0.648. The fourth-order valence-electron chi connectivity index (χ4n) is 1.38. The molecule has 2 aromatic rings. The zero-order valence-corrected chi connectivity index (χ0v) is 9.94. The topological polar surface area (TPSA) is 42.7 Å². The molecule has 0 amide bonds. The summed E-state index contributed by atoms with van der Waals surface area (Å²) in [5.41, 5.74) is 1.14. The van der Waals surface area contributed by atoms with Crippen LogP contribution in [0.5, 0.6) is 0 Å². The molecule has 0 radical (unpaired) electrons. The zero-order chi connectivity index (χ0) is 11.5. The predicted molar refractivity (Wildman–Crippen MR) is 63.8 cm³/mol. The average molecular weight is 237 g/mol. The van der Waals surface area contributed by atoms with E-state index in [2.05, 4.69) is 22.3 Å². The minimum atomic E-state index is 0.294. The standard InChI is InChI=1S/C11H13ClN4/c1-8(13-2)9-3-4-11(14-5-9)16-7-10(12)6-15-16/h3-8,13H,1-2H3/t8-/m0/s1. The van der Waals surface area contributed by atoms with Crippen LogP contribution < -0.4 is 5.32 Å². The Hall–Kier alpha value is -1.39. The van der Waals surface area contributed by atoms with E-state index in [1.807, 2.05) is 25.4 Å². The minimum absolute atomic E-state index is 0.294. The number of nitrogens with one attached hydrogen (secondary N) is 1. The molecule has 0 aliphatic heterocycles. The van der Waals surface area contributed by atoms with Crippen molar-refractivity contribution < 1.29 is 0 Å². The first-order valence-corrected chi connectivity index (χ1v) is 5.42. The van der Waals surface area contributed by atoms with Gasteiger partial charge in [0.1, 0.15) is 0 Å². The van der Waals surface area contributed by atoms with Gasteiger partial charge in [-0.25, -0.2) is 9.67 Å². The predicted octanol–water partition coefficient (Wildman–Crippen LogP) is 2.20. The van der Waals surface area contributed by atoms with Crippen LogP contribution in [-0.2, 0) is 0 Å². The van der Waals surface area contributed by atoms with Crippen molar-refractivity contribution in [3.05, 3.63) is 41.3 Å². The third-order valence-electron chi connectivity index (χ3n) is 2.49. The van der Waals surface area contributed by atoms with Gasteiger partial charge in [-0.3, -0.25) is 0 Å². The SMILES string of the molecule is CN[C@@H](C)c1ccc(-n2cc(Cl)cn2)nc1. The van der Waals surface area contributed by atoms with Crippen LogP contribution in [0.15, 0.2) is 30.7 Å². The summed E-state index contributed by atoms with van der Waals surface area (Å²) in [6.45, 7) is 2.08. The van der Waals surface area contributed by atoms with Crippen LogP contribution in [0.1, 0.15) is 18.5 Å². The lowest BCUT2D eigenvalue weighted by Gasteiger charge is -2.10. The van der Waals surface area contributed by atoms with Crippen LogP contribution in [0, 0.1) is 0 Å². The van der Waals surface area contributed by atoms with E-state index in [0.29, 0.717) is 11.1 Å².